The van der Waals surface area contributed by atoms with Crippen molar-refractivity contribution in [3.05, 3.63) is 70.7 Å². The molecule has 1 aromatic carbocycles. The van der Waals surface area contributed by atoms with E-state index in [1.54, 1.807) is 36.7 Å². The van der Waals surface area contributed by atoms with Gasteiger partial charge in [-0.2, -0.15) is 0 Å². The Kier molecular flexibility index (Phi) is 4.64. The molecule has 1 aliphatic heterocycles. The van der Waals surface area contributed by atoms with E-state index >= 15 is 0 Å². The van der Waals surface area contributed by atoms with Crippen molar-refractivity contribution in [3.8, 4) is 16.3 Å². The highest BCUT2D eigenvalue weighted by molar-refractivity contribution is 7.94. The molecule has 4 aromatic rings. The molecular formula is C22H17N3O4S2. The summed E-state index contributed by atoms with van der Waals surface area (Å²) in [5, 5.41) is 5.94. The maximum absolute atomic E-state index is 12.9. The van der Waals surface area contributed by atoms with Gasteiger partial charge in [-0.3, -0.25) is 4.79 Å². The lowest BCUT2D eigenvalue weighted by Gasteiger charge is -2.09. The first-order valence-corrected chi connectivity index (χ1v) is 11.8. The summed E-state index contributed by atoms with van der Waals surface area (Å²) >= 11 is 1.55. The lowest BCUT2D eigenvalue weighted by Crippen LogP contribution is -2.16. The van der Waals surface area contributed by atoms with Gasteiger partial charge in [0, 0.05) is 23.4 Å². The number of methoxy groups -OCH3 is 1. The molecule has 0 fully saturated rings. The normalized spacial score (nSPS) is 14.0. The Bertz CT molecular complexity index is 1450. The Labute approximate surface area is 182 Å². The van der Waals surface area contributed by atoms with Gasteiger partial charge in [0.15, 0.2) is 0 Å². The molecule has 31 heavy (non-hydrogen) atoms. The average molecular weight is 452 g/mol. The molecule has 0 unspecified atom stereocenters. The largest absolute Gasteiger partial charge is 0.497 e. The highest BCUT2D eigenvalue weighted by Crippen LogP contribution is 2.31. The summed E-state index contributed by atoms with van der Waals surface area (Å²) in [7, 11) is -1.85. The minimum atomic E-state index is -3.44. The fraction of sp³-hybridized carbons (Fsp3) is 0.0909. The van der Waals surface area contributed by atoms with E-state index in [-0.39, 0.29) is 17.2 Å². The number of ether oxygens (including phenoxy) is 1. The molecule has 7 nitrogen and oxygen atoms in total. The third kappa shape index (κ3) is 3.51. The number of carbonyl (C=O) groups excluding carboxylic acids is 1. The molecular weight excluding hydrogens is 434 g/mol. The van der Waals surface area contributed by atoms with Crippen LogP contribution in [0.4, 0.5) is 5.69 Å². The minimum absolute atomic E-state index is 0.0722. The number of hydrogen-bond donors (Lipinski definition) is 1. The summed E-state index contributed by atoms with van der Waals surface area (Å²) < 4.78 is 31.4. The molecule has 5 rings (SSSR count). The summed E-state index contributed by atoms with van der Waals surface area (Å²) in [5.41, 5.74) is 3.21. The van der Waals surface area contributed by atoms with Gasteiger partial charge in [0.1, 0.15) is 17.1 Å². The van der Waals surface area contributed by atoms with Crippen LogP contribution in [0.2, 0.25) is 0 Å². The molecule has 0 saturated heterocycles. The van der Waals surface area contributed by atoms with Gasteiger partial charge in [0.2, 0.25) is 15.7 Å². The van der Waals surface area contributed by atoms with Gasteiger partial charge in [-0.1, -0.05) is 12.1 Å². The predicted octanol–water partition coefficient (Wildman–Crippen LogP) is 4.01. The van der Waals surface area contributed by atoms with Gasteiger partial charge in [-0.15, -0.1) is 11.3 Å². The van der Waals surface area contributed by atoms with Gasteiger partial charge in [-0.05, 0) is 41.3 Å². The standard InChI is InChI=1S/C22H17N3O4S2/c1-29-16-6-8-25-17(22(24-20(25)12-16)18-3-2-9-30-18)13-21(26)23-15-5-4-14-7-10-31(27,28)19(14)11-15/h2-12H,13H2,1H3,(H,23,26). The Morgan fingerprint density at radius 3 is 2.87 bits per heavy atom. The summed E-state index contributed by atoms with van der Waals surface area (Å²) in [6.45, 7) is 0. The van der Waals surface area contributed by atoms with E-state index in [9.17, 15) is 13.2 Å². The molecule has 0 saturated carbocycles. The molecule has 1 aliphatic rings. The number of rotatable bonds is 5. The second kappa shape index (κ2) is 7.36. The number of sulfone groups is 1. The van der Waals surface area contributed by atoms with Crippen molar-refractivity contribution in [1.82, 2.24) is 9.38 Å². The number of nitrogens with zero attached hydrogens (tertiary/aromatic N) is 2. The molecule has 9 heteroatoms. The zero-order valence-corrected chi connectivity index (χ0v) is 18.0. The number of anilines is 1. The van der Waals surface area contributed by atoms with Crippen LogP contribution in [0.15, 0.2) is 64.3 Å². The number of benzene rings is 1. The van der Waals surface area contributed by atoms with Gasteiger partial charge in [-0.25, -0.2) is 13.4 Å². The first-order chi connectivity index (χ1) is 14.9. The van der Waals surface area contributed by atoms with Crippen LogP contribution in [-0.4, -0.2) is 30.8 Å². The van der Waals surface area contributed by atoms with Crippen LogP contribution in [0.5, 0.6) is 5.75 Å². The fourth-order valence-electron chi connectivity index (χ4n) is 3.57. The predicted molar refractivity (Wildman–Crippen MR) is 120 cm³/mol. The first-order valence-electron chi connectivity index (χ1n) is 9.40. The number of carbonyl (C=O) groups is 1. The summed E-state index contributed by atoms with van der Waals surface area (Å²) in [5.74, 6) is 0.415. The smallest absolute Gasteiger partial charge is 0.230 e. The summed E-state index contributed by atoms with van der Waals surface area (Å²) in [4.78, 5) is 18.8. The van der Waals surface area contributed by atoms with Crippen molar-refractivity contribution in [2.45, 2.75) is 11.3 Å². The van der Waals surface area contributed by atoms with Crippen LogP contribution in [0.1, 0.15) is 11.3 Å². The summed E-state index contributed by atoms with van der Waals surface area (Å²) in [6, 6.07) is 12.4. The Morgan fingerprint density at radius 1 is 1.23 bits per heavy atom. The molecule has 1 N–H and O–H groups in total. The zero-order valence-electron chi connectivity index (χ0n) is 16.4. The third-order valence-electron chi connectivity index (χ3n) is 5.05. The van der Waals surface area contributed by atoms with Gasteiger partial charge < -0.3 is 14.5 Å². The van der Waals surface area contributed by atoms with Gasteiger partial charge >= 0.3 is 0 Å². The molecule has 3 aromatic heterocycles. The van der Waals surface area contributed by atoms with Crippen LogP contribution in [-0.2, 0) is 21.1 Å². The maximum Gasteiger partial charge on any atom is 0.230 e. The van der Waals surface area contributed by atoms with Crippen LogP contribution < -0.4 is 10.1 Å². The number of thiophene rings is 1. The van der Waals surface area contributed by atoms with E-state index in [2.05, 4.69) is 5.32 Å². The lowest BCUT2D eigenvalue weighted by atomic mass is 10.2. The number of aromatic nitrogens is 2. The third-order valence-corrected chi connectivity index (χ3v) is 7.38. The Morgan fingerprint density at radius 2 is 2.10 bits per heavy atom. The SMILES string of the molecule is COc1ccn2c(CC(=O)Nc3ccc4c(c3)S(=O)(=O)C=C4)c(-c3cccs3)nc2c1. The summed E-state index contributed by atoms with van der Waals surface area (Å²) in [6.07, 6.45) is 3.45. The van der Waals surface area contributed by atoms with E-state index in [1.807, 2.05) is 40.2 Å². The number of nitrogens with one attached hydrogen (secondary N) is 1. The number of hydrogen-bond acceptors (Lipinski definition) is 6. The van der Waals surface area contributed by atoms with Crippen molar-refractivity contribution in [2.75, 3.05) is 12.4 Å². The number of pyridine rings is 1. The van der Waals surface area contributed by atoms with E-state index in [4.69, 9.17) is 9.72 Å². The minimum Gasteiger partial charge on any atom is -0.497 e. The quantitative estimate of drug-likeness (QED) is 0.495. The van der Waals surface area contributed by atoms with Crippen LogP contribution in [0, 0.1) is 0 Å². The van der Waals surface area contributed by atoms with Crippen molar-refractivity contribution in [1.29, 1.82) is 0 Å². The topological polar surface area (TPSA) is 89.8 Å². The average Bonchev–Trinajstić information content (AvgIpc) is 3.46. The highest BCUT2D eigenvalue weighted by Gasteiger charge is 2.22. The van der Waals surface area contributed by atoms with Crippen molar-refractivity contribution >= 4 is 44.5 Å². The van der Waals surface area contributed by atoms with Gasteiger partial charge in [0.25, 0.3) is 0 Å². The van der Waals surface area contributed by atoms with Crippen molar-refractivity contribution < 1.29 is 17.9 Å². The Hall–Kier alpha value is -3.43. The molecule has 1 amide bonds. The number of amides is 1. The van der Waals surface area contributed by atoms with E-state index in [0.29, 0.717) is 22.6 Å². The van der Waals surface area contributed by atoms with E-state index in [1.165, 1.54) is 11.5 Å². The maximum atomic E-state index is 12.9. The first kappa shape index (κ1) is 19.5. The van der Waals surface area contributed by atoms with E-state index < -0.39 is 9.84 Å². The number of fused-ring (bicyclic) bond motifs is 2. The zero-order chi connectivity index (χ0) is 21.6. The van der Waals surface area contributed by atoms with Gasteiger partial charge in [0.05, 0.1) is 29.0 Å². The van der Waals surface area contributed by atoms with Crippen LogP contribution >= 0.6 is 11.3 Å². The monoisotopic (exact) mass is 451 g/mol. The van der Waals surface area contributed by atoms with E-state index in [0.717, 1.165) is 16.3 Å². The molecule has 0 atom stereocenters. The molecule has 156 valence electrons. The van der Waals surface area contributed by atoms with Crippen molar-refractivity contribution in [3.63, 3.8) is 0 Å². The molecule has 0 radical (unpaired) electrons. The fourth-order valence-corrected chi connectivity index (χ4v) is 5.54. The number of imidazole rings is 1. The molecule has 0 aliphatic carbocycles. The highest BCUT2D eigenvalue weighted by atomic mass is 32.2. The molecule has 0 bridgehead atoms. The van der Waals surface area contributed by atoms with Crippen molar-refractivity contribution in [2.24, 2.45) is 0 Å². The second-order valence-corrected chi connectivity index (χ2v) is 9.75. The second-order valence-electron chi connectivity index (χ2n) is 7.00. The molecule has 0 spiro atoms. The lowest BCUT2D eigenvalue weighted by molar-refractivity contribution is -0.115. The van der Waals surface area contributed by atoms with Crippen LogP contribution in [0.25, 0.3) is 22.3 Å². The molecule has 4 heterocycles. The Balaban J connectivity index is 1.48. The van der Waals surface area contributed by atoms with Crippen LogP contribution in [0.3, 0.4) is 0 Å².